The smallest absolute Gasteiger partial charge is 0.406 e. The number of ether oxygens (including phenoxy) is 1. The predicted molar refractivity (Wildman–Crippen MR) is 66.8 cm³/mol. The van der Waals surface area contributed by atoms with E-state index >= 15 is 0 Å². The number of halogens is 3. The van der Waals surface area contributed by atoms with Gasteiger partial charge in [-0.1, -0.05) is 38.8 Å². The van der Waals surface area contributed by atoms with Crippen molar-refractivity contribution in [2.45, 2.75) is 45.6 Å². The summed E-state index contributed by atoms with van der Waals surface area (Å²) in [6.07, 6.45) is -3.11. The molecule has 19 heavy (non-hydrogen) atoms. The second-order valence-corrected chi connectivity index (χ2v) is 4.96. The van der Waals surface area contributed by atoms with Gasteiger partial charge in [0.05, 0.1) is 6.10 Å². The highest BCUT2D eigenvalue weighted by atomic mass is 19.4. The third kappa shape index (κ3) is 6.47. The van der Waals surface area contributed by atoms with Gasteiger partial charge < -0.3 is 9.84 Å². The number of aliphatic hydroxyl groups is 1. The summed E-state index contributed by atoms with van der Waals surface area (Å²) < 4.78 is 40.1. The summed E-state index contributed by atoms with van der Waals surface area (Å²) >= 11 is 0. The maximum Gasteiger partial charge on any atom is 0.573 e. The summed E-state index contributed by atoms with van der Waals surface area (Å²) in [5.41, 5.74) is 0.450. The van der Waals surface area contributed by atoms with E-state index in [-0.39, 0.29) is 5.75 Å². The van der Waals surface area contributed by atoms with E-state index in [0.29, 0.717) is 17.9 Å². The van der Waals surface area contributed by atoms with Crippen LogP contribution in [0.4, 0.5) is 13.2 Å². The molecule has 0 spiro atoms. The third-order valence-corrected chi connectivity index (χ3v) is 2.74. The topological polar surface area (TPSA) is 29.5 Å². The Labute approximate surface area is 111 Å². The van der Waals surface area contributed by atoms with Crippen LogP contribution in [-0.2, 0) is 0 Å². The number of hydrogen-bond donors (Lipinski definition) is 1. The van der Waals surface area contributed by atoms with E-state index in [1.807, 2.05) is 0 Å². The molecule has 0 aliphatic rings. The minimum atomic E-state index is -4.71. The Hall–Kier alpha value is -1.23. The van der Waals surface area contributed by atoms with E-state index in [9.17, 15) is 18.3 Å². The van der Waals surface area contributed by atoms with Crippen molar-refractivity contribution in [1.29, 1.82) is 0 Å². The second kappa shape index (κ2) is 6.80. The minimum Gasteiger partial charge on any atom is -0.406 e. The maximum absolute atomic E-state index is 12.1. The molecule has 0 aromatic heterocycles. The molecule has 0 amide bonds. The van der Waals surface area contributed by atoms with Crippen molar-refractivity contribution < 1.29 is 23.0 Å². The summed E-state index contributed by atoms with van der Waals surface area (Å²) in [4.78, 5) is 0. The molecule has 0 fully saturated rings. The van der Waals surface area contributed by atoms with Crippen LogP contribution < -0.4 is 4.74 Å². The van der Waals surface area contributed by atoms with Crippen molar-refractivity contribution >= 4 is 0 Å². The first-order chi connectivity index (χ1) is 8.78. The van der Waals surface area contributed by atoms with Crippen LogP contribution in [0.15, 0.2) is 24.3 Å². The molecule has 0 saturated heterocycles. The van der Waals surface area contributed by atoms with Crippen molar-refractivity contribution in [3.05, 3.63) is 29.8 Å². The lowest BCUT2D eigenvalue weighted by Gasteiger charge is -2.14. The molecule has 1 rings (SSSR count). The summed E-state index contributed by atoms with van der Waals surface area (Å²) in [6, 6.07) is 5.50. The van der Waals surface area contributed by atoms with E-state index < -0.39 is 12.5 Å². The highest BCUT2D eigenvalue weighted by Gasteiger charge is 2.31. The van der Waals surface area contributed by atoms with Gasteiger partial charge in [0, 0.05) is 0 Å². The molecule has 0 aliphatic carbocycles. The molecule has 0 heterocycles. The first-order valence-corrected chi connectivity index (χ1v) is 6.31. The molecule has 5 heteroatoms. The van der Waals surface area contributed by atoms with Crippen LogP contribution in [0.3, 0.4) is 0 Å². The Balaban J connectivity index is 2.60. The van der Waals surface area contributed by atoms with Crippen LogP contribution in [-0.4, -0.2) is 11.5 Å². The zero-order chi connectivity index (χ0) is 14.5. The number of hydrogen-bond acceptors (Lipinski definition) is 2. The average Bonchev–Trinajstić information content (AvgIpc) is 2.26. The standard InChI is InChI=1S/C14H19F3O2/c1-10(2)5-3-8-13(18)11-6-4-7-12(9-11)19-14(15,16)17/h4,6-7,9-10,13,18H,3,5,8H2,1-2H3. The molecule has 2 nitrogen and oxygen atoms in total. The van der Waals surface area contributed by atoms with Crippen molar-refractivity contribution in [3.63, 3.8) is 0 Å². The van der Waals surface area contributed by atoms with Crippen LogP contribution in [0.1, 0.15) is 44.8 Å². The zero-order valence-corrected chi connectivity index (χ0v) is 11.1. The molecule has 0 radical (unpaired) electrons. The predicted octanol–water partition coefficient (Wildman–Crippen LogP) is 4.44. The molecule has 1 aromatic rings. The van der Waals surface area contributed by atoms with Crippen molar-refractivity contribution in [3.8, 4) is 5.75 Å². The molecular weight excluding hydrogens is 257 g/mol. The van der Waals surface area contributed by atoms with Crippen molar-refractivity contribution in [2.24, 2.45) is 5.92 Å². The molecule has 0 saturated carbocycles. The van der Waals surface area contributed by atoms with Gasteiger partial charge in [-0.2, -0.15) is 0 Å². The highest BCUT2D eigenvalue weighted by molar-refractivity contribution is 5.30. The maximum atomic E-state index is 12.1. The number of rotatable bonds is 6. The van der Waals surface area contributed by atoms with Gasteiger partial charge in [0.1, 0.15) is 5.75 Å². The van der Waals surface area contributed by atoms with E-state index in [1.165, 1.54) is 18.2 Å². The largest absolute Gasteiger partial charge is 0.573 e. The average molecular weight is 276 g/mol. The molecular formula is C14H19F3O2. The van der Waals surface area contributed by atoms with Crippen LogP contribution in [0, 0.1) is 5.92 Å². The van der Waals surface area contributed by atoms with Crippen molar-refractivity contribution in [1.82, 2.24) is 0 Å². The Morgan fingerprint density at radius 3 is 2.47 bits per heavy atom. The third-order valence-electron chi connectivity index (χ3n) is 2.74. The monoisotopic (exact) mass is 276 g/mol. The molecule has 0 bridgehead atoms. The SMILES string of the molecule is CC(C)CCCC(O)c1cccc(OC(F)(F)F)c1. The van der Waals surface area contributed by atoms with Gasteiger partial charge in [0.2, 0.25) is 0 Å². The van der Waals surface area contributed by atoms with E-state index in [1.54, 1.807) is 6.07 Å². The normalized spacial score (nSPS) is 13.6. The van der Waals surface area contributed by atoms with E-state index in [0.717, 1.165) is 12.8 Å². The van der Waals surface area contributed by atoms with Crippen LogP contribution >= 0.6 is 0 Å². The number of alkyl halides is 3. The first kappa shape index (κ1) is 15.8. The van der Waals surface area contributed by atoms with E-state index in [4.69, 9.17) is 0 Å². The van der Waals surface area contributed by atoms with Crippen LogP contribution in [0.5, 0.6) is 5.75 Å². The molecule has 0 aliphatic heterocycles. The fourth-order valence-electron chi connectivity index (χ4n) is 1.81. The van der Waals surface area contributed by atoms with Gasteiger partial charge in [-0.25, -0.2) is 0 Å². The van der Waals surface area contributed by atoms with Crippen LogP contribution in [0.25, 0.3) is 0 Å². The van der Waals surface area contributed by atoms with Crippen molar-refractivity contribution in [2.75, 3.05) is 0 Å². The fraction of sp³-hybridized carbons (Fsp3) is 0.571. The minimum absolute atomic E-state index is 0.298. The summed E-state index contributed by atoms with van der Waals surface area (Å²) in [7, 11) is 0. The zero-order valence-electron chi connectivity index (χ0n) is 11.1. The first-order valence-electron chi connectivity index (χ1n) is 6.31. The lowest BCUT2D eigenvalue weighted by molar-refractivity contribution is -0.274. The Bertz CT molecular complexity index is 389. The lowest BCUT2D eigenvalue weighted by Crippen LogP contribution is -2.17. The Morgan fingerprint density at radius 2 is 1.89 bits per heavy atom. The molecule has 1 aromatic carbocycles. The Kier molecular flexibility index (Phi) is 5.66. The summed E-state index contributed by atoms with van der Waals surface area (Å²) in [6.45, 7) is 4.17. The lowest BCUT2D eigenvalue weighted by atomic mass is 10.00. The quantitative estimate of drug-likeness (QED) is 0.832. The summed E-state index contributed by atoms with van der Waals surface area (Å²) in [5.74, 6) is 0.250. The van der Waals surface area contributed by atoms with Gasteiger partial charge in [-0.05, 0) is 30.0 Å². The number of benzene rings is 1. The van der Waals surface area contributed by atoms with Gasteiger partial charge in [0.15, 0.2) is 0 Å². The van der Waals surface area contributed by atoms with Gasteiger partial charge in [-0.3, -0.25) is 0 Å². The van der Waals surface area contributed by atoms with Crippen LogP contribution in [0.2, 0.25) is 0 Å². The fourth-order valence-corrected chi connectivity index (χ4v) is 1.81. The number of aliphatic hydroxyl groups excluding tert-OH is 1. The second-order valence-electron chi connectivity index (χ2n) is 4.96. The molecule has 108 valence electrons. The van der Waals surface area contributed by atoms with Gasteiger partial charge in [0.25, 0.3) is 0 Å². The molecule has 1 atom stereocenters. The molecule has 1 unspecified atom stereocenters. The van der Waals surface area contributed by atoms with E-state index in [2.05, 4.69) is 18.6 Å². The highest BCUT2D eigenvalue weighted by Crippen LogP contribution is 2.27. The summed E-state index contributed by atoms with van der Waals surface area (Å²) in [5, 5.41) is 9.92. The Morgan fingerprint density at radius 1 is 1.21 bits per heavy atom. The molecule has 1 N–H and O–H groups in total. The van der Waals surface area contributed by atoms with Gasteiger partial charge in [-0.15, -0.1) is 13.2 Å². The van der Waals surface area contributed by atoms with Gasteiger partial charge >= 0.3 is 6.36 Å².